The molecular weight excluding hydrogens is 348 g/mol. The van der Waals surface area contributed by atoms with E-state index in [2.05, 4.69) is 79.5 Å². The fourth-order valence-corrected chi connectivity index (χ4v) is 4.07. The molecule has 5 rings (SSSR count). The number of fused-ring (bicyclic) bond motifs is 1. The Morgan fingerprint density at radius 1 is 0.679 bits per heavy atom. The Balaban J connectivity index is 1.28. The Hall–Kier alpha value is -3.15. The first-order valence-electron chi connectivity index (χ1n) is 9.93. The van der Waals surface area contributed by atoms with E-state index in [9.17, 15) is 0 Å². The van der Waals surface area contributed by atoms with E-state index in [1.54, 1.807) is 6.20 Å². The zero-order chi connectivity index (χ0) is 18.8. The van der Waals surface area contributed by atoms with Gasteiger partial charge in [-0.2, -0.15) is 10.1 Å². The second kappa shape index (κ2) is 7.46. The van der Waals surface area contributed by atoms with E-state index in [4.69, 9.17) is 4.98 Å². The standard InChI is InChI=1S/C22H24N6/c1-2-8-20(9-3-1)26-12-14-27(15-13-26)21-16-23-25-22(24-21)28-11-10-18-6-4-5-7-19(18)17-28/h1-9,16H,10-15,17H2. The van der Waals surface area contributed by atoms with Crippen molar-refractivity contribution >= 4 is 17.5 Å². The van der Waals surface area contributed by atoms with E-state index < -0.39 is 0 Å². The van der Waals surface area contributed by atoms with Crippen LogP contribution in [0.4, 0.5) is 17.5 Å². The van der Waals surface area contributed by atoms with Crippen molar-refractivity contribution in [2.45, 2.75) is 13.0 Å². The average Bonchev–Trinajstić information content (AvgIpc) is 2.79. The van der Waals surface area contributed by atoms with Gasteiger partial charge in [0.2, 0.25) is 5.95 Å². The van der Waals surface area contributed by atoms with E-state index in [1.165, 1.54) is 16.8 Å². The van der Waals surface area contributed by atoms with Crippen molar-refractivity contribution in [2.75, 3.05) is 47.4 Å². The van der Waals surface area contributed by atoms with E-state index in [1.807, 2.05) is 0 Å². The third-order valence-corrected chi connectivity index (χ3v) is 5.67. The van der Waals surface area contributed by atoms with Crippen LogP contribution in [0.5, 0.6) is 0 Å². The molecule has 3 aromatic rings. The summed E-state index contributed by atoms with van der Waals surface area (Å²) in [7, 11) is 0. The molecule has 2 aliphatic rings. The molecule has 0 aliphatic carbocycles. The highest BCUT2D eigenvalue weighted by Gasteiger charge is 2.22. The Morgan fingerprint density at radius 2 is 1.39 bits per heavy atom. The van der Waals surface area contributed by atoms with Gasteiger partial charge in [-0.05, 0) is 29.7 Å². The van der Waals surface area contributed by atoms with Gasteiger partial charge in [0.25, 0.3) is 0 Å². The number of benzene rings is 2. The van der Waals surface area contributed by atoms with Crippen LogP contribution >= 0.6 is 0 Å². The first-order chi connectivity index (χ1) is 13.9. The third-order valence-electron chi connectivity index (χ3n) is 5.67. The lowest BCUT2D eigenvalue weighted by molar-refractivity contribution is 0.639. The van der Waals surface area contributed by atoms with E-state index in [-0.39, 0.29) is 0 Å². The number of aromatic nitrogens is 3. The monoisotopic (exact) mass is 372 g/mol. The van der Waals surface area contributed by atoms with Gasteiger partial charge in [0.1, 0.15) is 0 Å². The van der Waals surface area contributed by atoms with Crippen LogP contribution in [0.15, 0.2) is 60.8 Å². The summed E-state index contributed by atoms with van der Waals surface area (Å²) in [5, 5.41) is 8.58. The third kappa shape index (κ3) is 3.38. The summed E-state index contributed by atoms with van der Waals surface area (Å²) in [6, 6.07) is 19.2. The molecule has 0 unspecified atom stereocenters. The van der Waals surface area contributed by atoms with Crippen molar-refractivity contribution in [3.8, 4) is 0 Å². The molecule has 3 heterocycles. The molecule has 1 fully saturated rings. The fourth-order valence-electron chi connectivity index (χ4n) is 4.07. The molecule has 1 saturated heterocycles. The van der Waals surface area contributed by atoms with Crippen LogP contribution in [0.25, 0.3) is 0 Å². The highest BCUT2D eigenvalue weighted by Crippen LogP contribution is 2.24. The van der Waals surface area contributed by atoms with Crippen molar-refractivity contribution in [2.24, 2.45) is 0 Å². The van der Waals surface area contributed by atoms with Gasteiger partial charge in [-0.3, -0.25) is 0 Å². The molecule has 0 spiro atoms. The highest BCUT2D eigenvalue weighted by atomic mass is 15.4. The molecule has 6 nitrogen and oxygen atoms in total. The number of rotatable bonds is 3. The first-order valence-corrected chi connectivity index (χ1v) is 9.93. The zero-order valence-corrected chi connectivity index (χ0v) is 15.9. The lowest BCUT2D eigenvalue weighted by Gasteiger charge is -2.37. The maximum Gasteiger partial charge on any atom is 0.247 e. The lowest BCUT2D eigenvalue weighted by Crippen LogP contribution is -2.47. The summed E-state index contributed by atoms with van der Waals surface area (Å²) in [6.45, 7) is 5.64. The van der Waals surface area contributed by atoms with Gasteiger partial charge < -0.3 is 14.7 Å². The maximum atomic E-state index is 4.85. The predicted octanol–water partition coefficient (Wildman–Crippen LogP) is 2.76. The fraction of sp³-hybridized carbons (Fsp3) is 0.318. The molecule has 0 amide bonds. The van der Waals surface area contributed by atoms with Crippen LogP contribution in [0, 0.1) is 0 Å². The summed E-state index contributed by atoms with van der Waals surface area (Å²) < 4.78 is 0. The van der Waals surface area contributed by atoms with Gasteiger partial charge >= 0.3 is 0 Å². The highest BCUT2D eigenvalue weighted by molar-refractivity contribution is 5.50. The van der Waals surface area contributed by atoms with E-state index in [0.717, 1.165) is 57.5 Å². The van der Waals surface area contributed by atoms with Crippen LogP contribution in [0.1, 0.15) is 11.1 Å². The summed E-state index contributed by atoms with van der Waals surface area (Å²) in [6.07, 6.45) is 2.82. The van der Waals surface area contributed by atoms with Crippen molar-refractivity contribution in [1.82, 2.24) is 15.2 Å². The predicted molar refractivity (Wildman–Crippen MR) is 112 cm³/mol. The van der Waals surface area contributed by atoms with Crippen molar-refractivity contribution in [3.63, 3.8) is 0 Å². The summed E-state index contributed by atoms with van der Waals surface area (Å²) in [5.41, 5.74) is 4.08. The average molecular weight is 372 g/mol. The van der Waals surface area contributed by atoms with Gasteiger partial charge in [-0.25, -0.2) is 0 Å². The second-order valence-corrected chi connectivity index (χ2v) is 7.36. The summed E-state index contributed by atoms with van der Waals surface area (Å²) in [5.74, 6) is 1.66. The molecule has 1 aromatic heterocycles. The molecule has 6 heteroatoms. The quantitative estimate of drug-likeness (QED) is 0.705. The molecule has 0 N–H and O–H groups in total. The van der Waals surface area contributed by atoms with Gasteiger partial charge in [0, 0.05) is 45.0 Å². The van der Waals surface area contributed by atoms with Crippen LogP contribution < -0.4 is 14.7 Å². The molecule has 0 radical (unpaired) electrons. The van der Waals surface area contributed by atoms with Gasteiger partial charge in [-0.15, -0.1) is 5.10 Å². The normalized spacial score (nSPS) is 16.8. The van der Waals surface area contributed by atoms with Crippen LogP contribution in [0.3, 0.4) is 0 Å². The molecule has 0 atom stereocenters. The van der Waals surface area contributed by atoms with Gasteiger partial charge in [0.05, 0.1) is 6.20 Å². The number of hydrogen-bond donors (Lipinski definition) is 0. The molecule has 0 bridgehead atoms. The molecular formula is C22H24N6. The largest absolute Gasteiger partial charge is 0.368 e. The number of hydrogen-bond acceptors (Lipinski definition) is 6. The molecule has 142 valence electrons. The molecule has 2 aromatic carbocycles. The molecule has 0 saturated carbocycles. The van der Waals surface area contributed by atoms with Crippen LogP contribution in [0.2, 0.25) is 0 Å². The van der Waals surface area contributed by atoms with Crippen molar-refractivity contribution in [3.05, 3.63) is 71.9 Å². The second-order valence-electron chi connectivity index (χ2n) is 7.36. The van der Waals surface area contributed by atoms with Crippen LogP contribution in [-0.2, 0) is 13.0 Å². The Labute approximate surface area is 165 Å². The number of nitrogens with zero attached hydrogens (tertiary/aromatic N) is 6. The van der Waals surface area contributed by atoms with E-state index in [0.29, 0.717) is 0 Å². The molecule has 2 aliphatic heterocycles. The van der Waals surface area contributed by atoms with E-state index >= 15 is 0 Å². The topological polar surface area (TPSA) is 48.4 Å². The minimum absolute atomic E-state index is 0.734. The van der Waals surface area contributed by atoms with Gasteiger partial charge in [-0.1, -0.05) is 42.5 Å². The molecule has 28 heavy (non-hydrogen) atoms. The zero-order valence-electron chi connectivity index (χ0n) is 15.9. The number of anilines is 3. The lowest BCUT2D eigenvalue weighted by atomic mass is 10.0. The Bertz CT molecular complexity index is 937. The maximum absolute atomic E-state index is 4.85. The van der Waals surface area contributed by atoms with Crippen molar-refractivity contribution < 1.29 is 0 Å². The first kappa shape index (κ1) is 17.0. The van der Waals surface area contributed by atoms with Crippen molar-refractivity contribution in [1.29, 1.82) is 0 Å². The minimum Gasteiger partial charge on any atom is -0.368 e. The SMILES string of the molecule is c1ccc(N2CCN(c3cnnc(N4CCc5ccccc5C4)n3)CC2)cc1. The Kier molecular flexibility index (Phi) is 4.53. The van der Waals surface area contributed by atoms with Crippen LogP contribution in [-0.4, -0.2) is 47.9 Å². The summed E-state index contributed by atoms with van der Waals surface area (Å²) in [4.78, 5) is 11.8. The summed E-state index contributed by atoms with van der Waals surface area (Å²) >= 11 is 0. The van der Waals surface area contributed by atoms with Gasteiger partial charge in [0.15, 0.2) is 5.82 Å². The smallest absolute Gasteiger partial charge is 0.247 e. The Morgan fingerprint density at radius 3 is 2.21 bits per heavy atom. The number of para-hydroxylation sites is 1. The number of piperazine rings is 1. The minimum atomic E-state index is 0.734.